The highest BCUT2D eigenvalue weighted by atomic mass is 16.3. The zero-order chi connectivity index (χ0) is 27.9. The Kier molecular flexibility index (Phi) is 5.82. The van der Waals surface area contributed by atoms with Gasteiger partial charge in [-0.25, -0.2) is 0 Å². The molecule has 1 heterocycles. The monoisotopic (exact) mass is 537 g/mol. The molecule has 198 valence electrons. The molecule has 0 saturated carbocycles. The average Bonchev–Trinajstić information content (AvgIpc) is 3.43. The zero-order valence-electron chi connectivity index (χ0n) is 22.9. The van der Waals surface area contributed by atoms with E-state index in [-0.39, 0.29) is 0 Å². The SMILES string of the molecule is c1ccc(-c2ccccc2N(c2cccc(-c3cccc4ccccc34)c2)c2ccc3c(c2)oc2ccccc23)cc1. The summed E-state index contributed by atoms with van der Waals surface area (Å²) in [5.41, 5.74) is 9.75. The van der Waals surface area contributed by atoms with Gasteiger partial charge in [-0.3, -0.25) is 0 Å². The van der Waals surface area contributed by atoms with Gasteiger partial charge in [-0.15, -0.1) is 0 Å². The van der Waals surface area contributed by atoms with Crippen molar-refractivity contribution in [2.75, 3.05) is 4.90 Å². The summed E-state index contributed by atoms with van der Waals surface area (Å²) in [7, 11) is 0. The van der Waals surface area contributed by atoms with E-state index in [1.807, 2.05) is 12.1 Å². The third-order valence-electron chi connectivity index (χ3n) is 8.06. The van der Waals surface area contributed by atoms with Gasteiger partial charge in [0.25, 0.3) is 0 Å². The van der Waals surface area contributed by atoms with Gasteiger partial charge in [0.15, 0.2) is 0 Å². The molecule has 2 heteroatoms. The van der Waals surface area contributed by atoms with E-state index in [0.717, 1.165) is 39.0 Å². The van der Waals surface area contributed by atoms with Gasteiger partial charge in [0, 0.05) is 33.8 Å². The Bertz CT molecular complexity index is 2200. The zero-order valence-corrected chi connectivity index (χ0v) is 22.9. The highest BCUT2D eigenvalue weighted by Gasteiger charge is 2.19. The van der Waals surface area contributed by atoms with Gasteiger partial charge in [0.2, 0.25) is 0 Å². The third-order valence-corrected chi connectivity index (χ3v) is 8.06. The van der Waals surface area contributed by atoms with Gasteiger partial charge in [0.05, 0.1) is 5.69 Å². The Balaban J connectivity index is 1.36. The fourth-order valence-electron chi connectivity index (χ4n) is 6.10. The van der Waals surface area contributed by atoms with Gasteiger partial charge in [-0.05, 0) is 63.9 Å². The first kappa shape index (κ1) is 24.2. The summed E-state index contributed by atoms with van der Waals surface area (Å²) < 4.78 is 6.34. The highest BCUT2D eigenvalue weighted by Crippen LogP contribution is 2.43. The van der Waals surface area contributed by atoms with Crippen molar-refractivity contribution in [1.29, 1.82) is 0 Å². The maximum atomic E-state index is 6.34. The average molecular weight is 538 g/mol. The first-order chi connectivity index (χ1) is 20.8. The van der Waals surface area contributed by atoms with Gasteiger partial charge in [-0.2, -0.15) is 0 Å². The minimum Gasteiger partial charge on any atom is -0.456 e. The molecule has 0 aliphatic carbocycles. The summed E-state index contributed by atoms with van der Waals surface area (Å²) in [5.74, 6) is 0. The first-order valence-electron chi connectivity index (χ1n) is 14.3. The number of para-hydroxylation sites is 2. The van der Waals surface area contributed by atoms with Gasteiger partial charge in [-0.1, -0.05) is 121 Å². The minimum atomic E-state index is 0.876. The van der Waals surface area contributed by atoms with Crippen LogP contribution in [0.4, 0.5) is 17.1 Å². The normalized spacial score (nSPS) is 11.3. The summed E-state index contributed by atoms with van der Waals surface area (Å²) >= 11 is 0. The summed E-state index contributed by atoms with van der Waals surface area (Å²) in [4.78, 5) is 2.35. The van der Waals surface area contributed by atoms with Crippen molar-refractivity contribution in [2.45, 2.75) is 0 Å². The molecule has 0 bridgehead atoms. The largest absolute Gasteiger partial charge is 0.456 e. The van der Waals surface area contributed by atoms with E-state index < -0.39 is 0 Å². The van der Waals surface area contributed by atoms with E-state index in [4.69, 9.17) is 4.42 Å². The summed E-state index contributed by atoms with van der Waals surface area (Å²) in [5, 5.41) is 4.74. The van der Waals surface area contributed by atoms with Crippen molar-refractivity contribution in [3.8, 4) is 22.3 Å². The lowest BCUT2D eigenvalue weighted by Crippen LogP contribution is -2.11. The molecule has 0 saturated heterocycles. The van der Waals surface area contributed by atoms with Gasteiger partial charge < -0.3 is 9.32 Å². The molecule has 0 spiro atoms. The second kappa shape index (κ2) is 10.1. The number of anilines is 3. The summed E-state index contributed by atoms with van der Waals surface area (Å²) in [6.45, 7) is 0. The van der Waals surface area contributed by atoms with Crippen molar-refractivity contribution in [1.82, 2.24) is 0 Å². The Morgan fingerprint density at radius 2 is 1.02 bits per heavy atom. The van der Waals surface area contributed by atoms with E-state index in [1.54, 1.807) is 0 Å². The molecule has 8 rings (SSSR count). The van der Waals surface area contributed by atoms with Crippen LogP contribution in [-0.2, 0) is 0 Å². The van der Waals surface area contributed by atoms with Crippen LogP contribution in [0.15, 0.2) is 168 Å². The number of nitrogens with zero attached hydrogens (tertiary/aromatic N) is 1. The van der Waals surface area contributed by atoms with Crippen LogP contribution >= 0.6 is 0 Å². The molecule has 0 fully saturated rings. The van der Waals surface area contributed by atoms with Crippen molar-refractivity contribution in [2.24, 2.45) is 0 Å². The predicted octanol–water partition coefficient (Wildman–Crippen LogP) is 11.5. The standard InChI is InChI=1S/C40H27NO/c1-2-12-29(13-3-1)35-19-6-8-22-38(35)41(32-24-25-37-36-20-7-9-23-39(36)42-40(37)27-32)31-17-10-16-30(26-31)34-21-11-15-28-14-4-5-18-33(28)34/h1-27H. The Morgan fingerprint density at radius 3 is 1.95 bits per heavy atom. The molecule has 0 N–H and O–H groups in total. The lowest BCUT2D eigenvalue weighted by molar-refractivity contribution is 0.669. The van der Waals surface area contributed by atoms with Gasteiger partial charge >= 0.3 is 0 Å². The number of rotatable bonds is 5. The van der Waals surface area contributed by atoms with Crippen LogP contribution in [0.2, 0.25) is 0 Å². The van der Waals surface area contributed by atoms with Crippen LogP contribution in [-0.4, -0.2) is 0 Å². The van der Waals surface area contributed by atoms with Gasteiger partial charge in [0.1, 0.15) is 11.2 Å². The number of benzene rings is 7. The van der Waals surface area contributed by atoms with Crippen molar-refractivity contribution in [3.05, 3.63) is 164 Å². The molecule has 0 unspecified atom stereocenters. The number of hydrogen-bond acceptors (Lipinski definition) is 2. The van der Waals surface area contributed by atoms with Crippen LogP contribution < -0.4 is 4.90 Å². The Hall–Kier alpha value is -5.60. The third kappa shape index (κ3) is 4.13. The molecule has 8 aromatic rings. The smallest absolute Gasteiger partial charge is 0.137 e. The maximum absolute atomic E-state index is 6.34. The number of fused-ring (bicyclic) bond motifs is 4. The first-order valence-corrected chi connectivity index (χ1v) is 14.3. The molecule has 0 aliphatic rings. The summed E-state index contributed by atoms with van der Waals surface area (Å²) in [6, 6.07) is 58.0. The fourth-order valence-corrected chi connectivity index (χ4v) is 6.10. The molecule has 42 heavy (non-hydrogen) atoms. The lowest BCUT2D eigenvalue weighted by Gasteiger charge is -2.28. The molecule has 2 nitrogen and oxygen atoms in total. The second-order valence-electron chi connectivity index (χ2n) is 10.6. The second-order valence-corrected chi connectivity index (χ2v) is 10.6. The van der Waals surface area contributed by atoms with Crippen molar-refractivity contribution < 1.29 is 4.42 Å². The summed E-state index contributed by atoms with van der Waals surface area (Å²) in [6.07, 6.45) is 0. The predicted molar refractivity (Wildman–Crippen MR) is 177 cm³/mol. The molecule has 1 aromatic heterocycles. The molecule has 0 amide bonds. The molecular weight excluding hydrogens is 510 g/mol. The van der Waals surface area contributed by atoms with E-state index in [1.165, 1.54) is 33.0 Å². The molecular formula is C40H27NO. The van der Waals surface area contributed by atoms with Crippen molar-refractivity contribution in [3.63, 3.8) is 0 Å². The minimum absolute atomic E-state index is 0.876. The topological polar surface area (TPSA) is 16.4 Å². The van der Waals surface area contributed by atoms with Crippen LogP contribution in [0.1, 0.15) is 0 Å². The molecule has 0 radical (unpaired) electrons. The number of hydrogen-bond donors (Lipinski definition) is 0. The van der Waals surface area contributed by atoms with E-state index in [9.17, 15) is 0 Å². The van der Waals surface area contributed by atoms with E-state index >= 15 is 0 Å². The van der Waals surface area contributed by atoms with E-state index in [0.29, 0.717) is 0 Å². The molecule has 0 atom stereocenters. The lowest BCUT2D eigenvalue weighted by atomic mass is 9.97. The quantitative estimate of drug-likeness (QED) is 0.217. The Labute approximate surface area is 244 Å². The van der Waals surface area contributed by atoms with Crippen LogP contribution in [0, 0.1) is 0 Å². The fraction of sp³-hybridized carbons (Fsp3) is 0. The van der Waals surface area contributed by atoms with Crippen molar-refractivity contribution >= 4 is 49.8 Å². The van der Waals surface area contributed by atoms with Crippen LogP contribution in [0.5, 0.6) is 0 Å². The molecule has 0 aliphatic heterocycles. The number of furan rings is 1. The van der Waals surface area contributed by atoms with Crippen LogP contribution in [0.3, 0.4) is 0 Å². The molecule has 7 aromatic carbocycles. The highest BCUT2D eigenvalue weighted by molar-refractivity contribution is 6.06. The van der Waals surface area contributed by atoms with E-state index in [2.05, 4.69) is 157 Å². The maximum Gasteiger partial charge on any atom is 0.137 e. The Morgan fingerprint density at radius 1 is 0.381 bits per heavy atom. The van der Waals surface area contributed by atoms with Crippen LogP contribution in [0.25, 0.3) is 55.0 Å².